The van der Waals surface area contributed by atoms with Gasteiger partial charge in [0.25, 0.3) is 0 Å². The molecule has 1 aliphatic heterocycles. The molecule has 0 aliphatic carbocycles. The number of aryl methyl sites for hydroxylation is 2. The first-order valence-electron chi connectivity index (χ1n) is 10.4. The highest BCUT2D eigenvalue weighted by Crippen LogP contribution is 2.23. The third-order valence-electron chi connectivity index (χ3n) is 5.29. The number of carbonyl (C=O) groups excluding carboxylic acids is 2. The Labute approximate surface area is 182 Å². The van der Waals surface area contributed by atoms with E-state index in [-0.39, 0.29) is 24.4 Å². The van der Waals surface area contributed by atoms with Crippen LogP contribution in [0.5, 0.6) is 0 Å². The van der Waals surface area contributed by atoms with Crippen LogP contribution in [-0.4, -0.2) is 43.1 Å². The average molecular weight is 430 g/mol. The third kappa shape index (κ3) is 6.73. The van der Waals surface area contributed by atoms with Gasteiger partial charge in [0.1, 0.15) is 12.4 Å². The molecule has 1 amide bonds. The van der Waals surface area contributed by atoms with Gasteiger partial charge in [-0.15, -0.1) is 0 Å². The average Bonchev–Trinajstić information content (AvgIpc) is 2.77. The number of esters is 1. The van der Waals surface area contributed by atoms with E-state index >= 15 is 0 Å². The number of halogens is 1. The number of hydrogen-bond acceptors (Lipinski definition) is 5. The zero-order valence-electron chi connectivity index (χ0n) is 17.3. The van der Waals surface area contributed by atoms with Gasteiger partial charge in [-0.1, -0.05) is 41.4 Å². The number of ether oxygens (including phenoxy) is 1. The molecule has 0 atom stereocenters. The van der Waals surface area contributed by atoms with Crippen LogP contribution in [0, 0.1) is 12.8 Å². The highest BCUT2D eigenvalue weighted by atomic mass is 35.5. The molecule has 0 radical (unpaired) electrons. The summed E-state index contributed by atoms with van der Waals surface area (Å²) in [5, 5.41) is 3.42. The number of carbonyl (C=O) groups is 2. The number of benzene rings is 1. The molecule has 7 heteroatoms. The van der Waals surface area contributed by atoms with Crippen molar-refractivity contribution in [3.63, 3.8) is 0 Å². The Morgan fingerprint density at radius 1 is 1.17 bits per heavy atom. The predicted octanol–water partition coefficient (Wildman–Crippen LogP) is 3.55. The van der Waals surface area contributed by atoms with Gasteiger partial charge in [0, 0.05) is 25.7 Å². The van der Waals surface area contributed by atoms with E-state index in [1.54, 1.807) is 6.20 Å². The first-order valence-corrected chi connectivity index (χ1v) is 10.7. The normalized spacial score (nSPS) is 14.4. The molecular weight excluding hydrogens is 402 g/mol. The van der Waals surface area contributed by atoms with E-state index < -0.39 is 0 Å². The SMILES string of the molecule is Cc1ccc(CCC(=O)NCCOC(=O)C2CCN(c3ccc(Cl)cn3)CC2)cc1. The minimum absolute atomic E-state index is 0.0320. The van der Waals surface area contributed by atoms with E-state index in [1.807, 2.05) is 43.3 Å². The molecule has 0 bridgehead atoms. The summed E-state index contributed by atoms with van der Waals surface area (Å²) < 4.78 is 5.36. The molecule has 0 spiro atoms. The minimum Gasteiger partial charge on any atom is -0.464 e. The first-order chi connectivity index (χ1) is 14.5. The Balaban J connectivity index is 1.29. The second-order valence-corrected chi connectivity index (χ2v) is 8.04. The summed E-state index contributed by atoms with van der Waals surface area (Å²) >= 11 is 5.88. The number of aromatic nitrogens is 1. The molecule has 1 aromatic carbocycles. The molecule has 0 saturated carbocycles. The third-order valence-corrected chi connectivity index (χ3v) is 5.52. The molecule has 1 aromatic heterocycles. The summed E-state index contributed by atoms with van der Waals surface area (Å²) in [5.74, 6) is 0.549. The lowest BCUT2D eigenvalue weighted by Crippen LogP contribution is -2.38. The van der Waals surface area contributed by atoms with E-state index in [2.05, 4.69) is 15.2 Å². The number of hydrogen-bond donors (Lipinski definition) is 1. The Bertz CT molecular complexity index is 832. The zero-order valence-corrected chi connectivity index (χ0v) is 18.0. The van der Waals surface area contributed by atoms with Crippen molar-refractivity contribution in [2.75, 3.05) is 31.1 Å². The molecule has 160 valence electrons. The van der Waals surface area contributed by atoms with Gasteiger partial charge in [0.05, 0.1) is 17.5 Å². The van der Waals surface area contributed by atoms with Crippen molar-refractivity contribution < 1.29 is 14.3 Å². The maximum Gasteiger partial charge on any atom is 0.309 e. The Morgan fingerprint density at radius 3 is 2.57 bits per heavy atom. The van der Waals surface area contributed by atoms with Crippen molar-refractivity contribution in [1.82, 2.24) is 10.3 Å². The lowest BCUT2D eigenvalue weighted by Gasteiger charge is -2.31. The van der Waals surface area contributed by atoms with Crippen LogP contribution < -0.4 is 10.2 Å². The number of rotatable bonds is 8. The second kappa shape index (κ2) is 11.0. The molecule has 1 fully saturated rings. The topological polar surface area (TPSA) is 71.5 Å². The Morgan fingerprint density at radius 2 is 1.90 bits per heavy atom. The summed E-state index contributed by atoms with van der Waals surface area (Å²) in [6.45, 7) is 4.09. The molecular formula is C23H28ClN3O3. The molecule has 2 aromatic rings. The number of piperidine rings is 1. The van der Waals surface area contributed by atoms with Gasteiger partial charge < -0.3 is 15.0 Å². The minimum atomic E-state index is -0.187. The van der Waals surface area contributed by atoms with Crippen LogP contribution in [-0.2, 0) is 20.7 Å². The summed E-state index contributed by atoms with van der Waals surface area (Å²) in [4.78, 5) is 30.7. The summed E-state index contributed by atoms with van der Waals surface area (Å²) in [7, 11) is 0. The van der Waals surface area contributed by atoms with Crippen molar-refractivity contribution >= 4 is 29.3 Å². The molecule has 1 aliphatic rings. The monoisotopic (exact) mass is 429 g/mol. The fourth-order valence-electron chi connectivity index (χ4n) is 3.46. The van der Waals surface area contributed by atoms with Crippen LogP contribution in [0.25, 0.3) is 0 Å². The van der Waals surface area contributed by atoms with E-state index in [1.165, 1.54) is 5.56 Å². The summed E-state index contributed by atoms with van der Waals surface area (Å²) in [6.07, 6.45) is 4.21. The number of pyridine rings is 1. The van der Waals surface area contributed by atoms with E-state index in [4.69, 9.17) is 16.3 Å². The molecule has 1 saturated heterocycles. The molecule has 0 unspecified atom stereocenters. The van der Waals surface area contributed by atoms with Gasteiger partial charge in [-0.2, -0.15) is 0 Å². The lowest BCUT2D eigenvalue weighted by atomic mass is 9.97. The van der Waals surface area contributed by atoms with Crippen LogP contribution in [0.3, 0.4) is 0 Å². The maximum absolute atomic E-state index is 12.3. The highest BCUT2D eigenvalue weighted by Gasteiger charge is 2.26. The number of anilines is 1. The van der Waals surface area contributed by atoms with Gasteiger partial charge in [0.2, 0.25) is 5.91 Å². The quantitative estimate of drug-likeness (QED) is 0.513. The lowest BCUT2D eigenvalue weighted by molar-refractivity contribution is -0.149. The van der Waals surface area contributed by atoms with E-state index in [0.717, 1.165) is 37.3 Å². The number of amides is 1. The molecule has 1 N–H and O–H groups in total. The Kier molecular flexibility index (Phi) is 8.08. The van der Waals surface area contributed by atoms with Crippen LogP contribution in [0.2, 0.25) is 5.02 Å². The molecule has 3 rings (SSSR count). The zero-order chi connectivity index (χ0) is 21.3. The highest BCUT2D eigenvalue weighted by molar-refractivity contribution is 6.30. The number of nitrogens with zero attached hydrogens (tertiary/aromatic N) is 2. The smallest absolute Gasteiger partial charge is 0.309 e. The van der Waals surface area contributed by atoms with Crippen LogP contribution >= 0.6 is 11.6 Å². The summed E-state index contributed by atoms with van der Waals surface area (Å²) in [5.41, 5.74) is 2.35. The van der Waals surface area contributed by atoms with Gasteiger partial charge in [-0.05, 0) is 43.9 Å². The van der Waals surface area contributed by atoms with Crippen LogP contribution in [0.15, 0.2) is 42.6 Å². The van der Waals surface area contributed by atoms with Crippen molar-refractivity contribution in [2.24, 2.45) is 5.92 Å². The number of nitrogens with one attached hydrogen (secondary N) is 1. The largest absolute Gasteiger partial charge is 0.464 e. The van der Waals surface area contributed by atoms with E-state index in [9.17, 15) is 9.59 Å². The fraction of sp³-hybridized carbons (Fsp3) is 0.435. The van der Waals surface area contributed by atoms with E-state index in [0.29, 0.717) is 24.4 Å². The first kappa shape index (κ1) is 22.1. The summed E-state index contributed by atoms with van der Waals surface area (Å²) in [6, 6.07) is 11.9. The maximum atomic E-state index is 12.3. The van der Waals surface area contributed by atoms with Gasteiger partial charge in [-0.25, -0.2) is 4.98 Å². The van der Waals surface area contributed by atoms with Crippen molar-refractivity contribution in [2.45, 2.75) is 32.6 Å². The molecule has 30 heavy (non-hydrogen) atoms. The van der Waals surface area contributed by atoms with Gasteiger partial charge in [-0.3, -0.25) is 9.59 Å². The van der Waals surface area contributed by atoms with Crippen molar-refractivity contribution in [3.05, 3.63) is 58.7 Å². The standard InChI is InChI=1S/C23H28ClN3O3/c1-17-2-4-18(5-3-17)6-9-22(28)25-12-15-30-23(29)19-10-13-27(14-11-19)21-8-7-20(24)16-26-21/h2-5,7-8,16,19H,6,9-15H2,1H3,(H,25,28). The fourth-order valence-corrected chi connectivity index (χ4v) is 3.57. The van der Waals surface area contributed by atoms with Crippen LogP contribution in [0.4, 0.5) is 5.82 Å². The van der Waals surface area contributed by atoms with Crippen molar-refractivity contribution in [3.8, 4) is 0 Å². The van der Waals surface area contributed by atoms with Crippen molar-refractivity contribution in [1.29, 1.82) is 0 Å². The molecule has 6 nitrogen and oxygen atoms in total. The van der Waals surface area contributed by atoms with Gasteiger partial charge >= 0.3 is 5.97 Å². The molecule has 2 heterocycles. The van der Waals surface area contributed by atoms with Crippen LogP contribution in [0.1, 0.15) is 30.4 Å². The second-order valence-electron chi connectivity index (χ2n) is 7.60. The Hall–Kier alpha value is -2.60. The predicted molar refractivity (Wildman–Crippen MR) is 118 cm³/mol. The van der Waals surface area contributed by atoms with Gasteiger partial charge in [0.15, 0.2) is 0 Å².